The second-order valence-corrected chi connectivity index (χ2v) is 12.6. The monoisotopic (exact) mass is 459 g/mol. The van der Waals surface area contributed by atoms with Crippen LogP contribution in [0.4, 0.5) is 0 Å². The highest BCUT2D eigenvalue weighted by atomic mass is 16.5. The number of unbranched alkanes of at least 4 members (excludes halogenated alkanes) is 1. The molecule has 4 fully saturated rings. The van der Waals surface area contributed by atoms with Crippen molar-refractivity contribution in [2.75, 3.05) is 6.54 Å². The van der Waals surface area contributed by atoms with E-state index < -0.39 is 0 Å². The van der Waals surface area contributed by atoms with Crippen LogP contribution >= 0.6 is 0 Å². The zero-order valence-electron chi connectivity index (χ0n) is 22.3. The highest BCUT2D eigenvalue weighted by Crippen LogP contribution is 2.69. The molecule has 4 rings (SSSR count). The van der Waals surface area contributed by atoms with Gasteiger partial charge in [-0.2, -0.15) is 0 Å². The van der Waals surface area contributed by atoms with Gasteiger partial charge < -0.3 is 4.74 Å². The molecule has 0 aromatic heterocycles. The first-order valence-corrected chi connectivity index (χ1v) is 13.8. The van der Waals surface area contributed by atoms with Crippen molar-refractivity contribution in [1.82, 2.24) is 0 Å². The third-order valence-electron chi connectivity index (χ3n) is 10.8. The number of hydrogen-bond donors (Lipinski definition) is 0. The smallest absolute Gasteiger partial charge is 0.302 e. The van der Waals surface area contributed by atoms with Crippen molar-refractivity contribution in [2.24, 2.45) is 57.4 Å². The van der Waals surface area contributed by atoms with Gasteiger partial charge in [0.25, 0.3) is 0 Å². The normalized spacial score (nSPS) is 45.9. The minimum Gasteiger partial charge on any atom is -0.462 e. The van der Waals surface area contributed by atoms with Gasteiger partial charge in [-0.15, -0.1) is 0 Å². The van der Waals surface area contributed by atoms with Crippen LogP contribution in [0.2, 0.25) is 0 Å². The average Bonchev–Trinajstić information content (AvgIpc) is 3.08. The van der Waals surface area contributed by atoms with E-state index in [2.05, 4.69) is 51.6 Å². The molecule has 0 aliphatic heterocycles. The molecule has 0 spiro atoms. The second-order valence-electron chi connectivity index (χ2n) is 12.6. The Balaban J connectivity index is 0.000000383. The molecule has 0 N–H and O–H groups in total. The third kappa shape index (κ3) is 4.95. The van der Waals surface area contributed by atoms with Crippen LogP contribution in [0, 0.1) is 52.3 Å². The Labute approximate surface area is 202 Å². The molecule has 0 heterocycles. The van der Waals surface area contributed by atoms with E-state index in [4.69, 9.17) is 10.3 Å². The molecular formula is C28H49N3O2. The standard InChI is InChI=1S/C24H40O2.C4H9N3/c1-14-9-10-23(5)18(11-14)12-15(2)22-19-7-8-21(26-17(4)25)24(19,6)16(3)13-20(22)23;1-2-3-4-6-7-5/h14-16,18-22H,7-13H2,1-6H3;2-4H2,1H3/t14-,15-,16+,18+,19+,20+,21+,22+,23+,24+;/m1./s1. The fourth-order valence-corrected chi connectivity index (χ4v) is 8.81. The number of fused-ring (bicyclic) bond motifs is 5. The van der Waals surface area contributed by atoms with E-state index in [1.165, 1.54) is 38.5 Å². The number of nitrogens with zero attached hydrogens (tertiary/aromatic N) is 3. The Morgan fingerprint density at radius 2 is 1.82 bits per heavy atom. The van der Waals surface area contributed by atoms with Gasteiger partial charge in [-0.05, 0) is 97.3 Å². The van der Waals surface area contributed by atoms with E-state index in [1.54, 1.807) is 6.92 Å². The van der Waals surface area contributed by atoms with Crippen LogP contribution in [0.1, 0.15) is 106 Å². The summed E-state index contributed by atoms with van der Waals surface area (Å²) in [5.41, 5.74) is 8.49. The third-order valence-corrected chi connectivity index (χ3v) is 10.8. The summed E-state index contributed by atoms with van der Waals surface area (Å²) in [7, 11) is 0. The first-order chi connectivity index (χ1) is 15.6. The summed E-state index contributed by atoms with van der Waals surface area (Å²) in [6.07, 6.45) is 11.7. The molecule has 33 heavy (non-hydrogen) atoms. The lowest BCUT2D eigenvalue weighted by Gasteiger charge is -2.64. The van der Waals surface area contributed by atoms with Crippen LogP contribution in [0.5, 0.6) is 0 Å². The van der Waals surface area contributed by atoms with Gasteiger partial charge in [-0.3, -0.25) is 4.79 Å². The lowest BCUT2D eigenvalue weighted by Crippen LogP contribution is -2.59. The van der Waals surface area contributed by atoms with E-state index >= 15 is 0 Å². The van der Waals surface area contributed by atoms with E-state index in [0.29, 0.717) is 17.9 Å². The number of carbonyl (C=O) groups is 1. The van der Waals surface area contributed by atoms with Gasteiger partial charge in [0.05, 0.1) is 0 Å². The van der Waals surface area contributed by atoms with E-state index in [9.17, 15) is 4.79 Å². The topological polar surface area (TPSA) is 75.1 Å². The zero-order valence-corrected chi connectivity index (χ0v) is 22.3. The Morgan fingerprint density at radius 1 is 1.09 bits per heavy atom. The Kier molecular flexibility index (Phi) is 8.46. The van der Waals surface area contributed by atoms with Crippen LogP contribution in [0.15, 0.2) is 5.11 Å². The number of hydrogen-bond acceptors (Lipinski definition) is 3. The lowest BCUT2D eigenvalue weighted by molar-refractivity contribution is -0.181. The predicted octanol–water partition coefficient (Wildman–Crippen LogP) is 8.19. The van der Waals surface area contributed by atoms with E-state index in [0.717, 1.165) is 54.8 Å². The van der Waals surface area contributed by atoms with Crippen LogP contribution in [-0.2, 0) is 9.53 Å². The van der Waals surface area contributed by atoms with Crippen LogP contribution in [0.3, 0.4) is 0 Å². The number of azide groups is 1. The summed E-state index contributed by atoms with van der Waals surface area (Å²) in [5.74, 6) is 5.72. The highest BCUT2D eigenvalue weighted by Gasteiger charge is 2.64. The highest BCUT2D eigenvalue weighted by molar-refractivity contribution is 5.66. The quantitative estimate of drug-likeness (QED) is 0.140. The minimum atomic E-state index is -0.0869. The first-order valence-electron chi connectivity index (χ1n) is 13.8. The number of carbonyl (C=O) groups excluding carboxylic acids is 1. The second kappa shape index (κ2) is 10.6. The summed E-state index contributed by atoms with van der Waals surface area (Å²) in [6.45, 7) is 16.9. The van der Waals surface area contributed by atoms with Gasteiger partial charge in [-0.25, -0.2) is 0 Å². The number of esters is 1. The number of ether oxygens (including phenoxy) is 1. The van der Waals surface area contributed by atoms with E-state index in [1.807, 2.05) is 0 Å². The van der Waals surface area contributed by atoms with Crippen molar-refractivity contribution in [3.8, 4) is 0 Å². The maximum absolute atomic E-state index is 11.7. The molecule has 0 saturated heterocycles. The molecule has 4 saturated carbocycles. The van der Waals surface area contributed by atoms with Gasteiger partial charge in [0.2, 0.25) is 0 Å². The van der Waals surface area contributed by atoms with Crippen LogP contribution in [-0.4, -0.2) is 18.6 Å². The molecule has 0 radical (unpaired) electrons. The number of rotatable bonds is 4. The largest absolute Gasteiger partial charge is 0.462 e. The summed E-state index contributed by atoms with van der Waals surface area (Å²) in [6, 6.07) is 0. The van der Waals surface area contributed by atoms with Crippen molar-refractivity contribution >= 4 is 5.97 Å². The van der Waals surface area contributed by atoms with Crippen LogP contribution in [0.25, 0.3) is 10.4 Å². The zero-order chi connectivity index (χ0) is 24.4. The maximum Gasteiger partial charge on any atom is 0.302 e. The van der Waals surface area contributed by atoms with Gasteiger partial charge >= 0.3 is 5.97 Å². The van der Waals surface area contributed by atoms with Gasteiger partial charge in [0.1, 0.15) is 6.10 Å². The van der Waals surface area contributed by atoms with Crippen molar-refractivity contribution in [1.29, 1.82) is 0 Å². The molecular weight excluding hydrogens is 410 g/mol. The summed E-state index contributed by atoms with van der Waals surface area (Å²) in [5, 5.41) is 3.34. The van der Waals surface area contributed by atoms with Crippen molar-refractivity contribution in [3.63, 3.8) is 0 Å². The Hall–Kier alpha value is -1.22. The summed E-state index contributed by atoms with van der Waals surface area (Å²) >= 11 is 0. The molecule has 0 aromatic carbocycles. The molecule has 0 bridgehead atoms. The molecule has 5 nitrogen and oxygen atoms in total. The summed E-state index contributed by atoms with van der Waals surface area (Å²) in [4.78, 5) is 14.3. The molecule has 10 atom stereocenters. The Morgan fingerprint density at radius 3 is 2.45 bits per heavy atom. The molecule has 0 unspecified atom stereocenters. The molecule has 4 aliphatic rings. The molecule has 188 valence electrons. The summed E-state index contributed by atoms with van der Waals surface area (Å²) < 4.78 is 5.88. The van der Waals surface area contributed by atoms with E-state index in [-0.39, 0.29) is 17.5 Å². The maximum atomic E-state index is 11.7. The van der Waals surface area contributed by atoms with Crippen molar-refractivity contribution in [2.45, 2.75) is 112 Å². The minimum absolute atomic E-state index is 0.0869. The molecule has 0 amide bonds. The Bertz CT molecular complexity index is 735. The fourth-order valence-electron chi connectivity index (χ4n) is 8.81. The van der Waals surface area contributed by atoms with Crippen molar-refractivity contribution < 1.29 is 9.53 Å². The van der Waals surface area contributed by atoms with Gasteiger partial charge in [0.15, 0.2) is 0 Å². The molecule has 0 aromatic rings. The fraction of sp³-hybridized carbons (Fsp3) is 0.964. The van der Waals surface area contributed by atoms with Gasteiger partial charge in [-0.1, -0.05) is 59.5 Å². The molecule has 5 heteroatoms. The predicted molar refractivity (Wildman–Crippen MR) is 134 cm³/mol. The van der Waals surface area contributed by atoms with Crippen molar-refractivity contribution in [3.05, 3.63) is 10.4 Å². The SMILES string of the molecule is CC(=O)O[C@H]1CC[C@H]2[C@@H]3[C@H](C)C[C@@H]4C[C@H](C)CC[C@]4(C)[C@H]3C[C@H](C)[C@]12C.CCCCN=[N+]=[N-]. The average molecular weight is 460 g/mol. The van der Waals surface area contributed by atoms with Crippen LogP contribution < -0.4 is 0 Å². The first kappa shape index (κ1) is 26.4. The van der Waals surface area contributed by atoms with Gasteiger partial charge in [0, 0.05) is 23.8 Å². The lowest BCUT2D eigenvalue weighted by atomic mass is 9.41. The molecule has 4 aliphatic carbocycles.